The highest BCUT2D eigenvalue weighted by atomic mass is 35.5. The Hall–Kier alpha value is -1.88. The van der Waals surface area contributed by atoms with E-state index < -0.39 is 10.8 Å². The number of hydrogen-bond acceptors (Lipinski definition) is 2. The third kappa shape index (κ3) is 3.43. The van der Waals surface area contributed by atoms with E-state index in [2.05, 4.69) is 23.2 Å². The Morgan fingerprint density at radius 1 is 1.00 bits per heavy atom. The molecule has 0 unspecified atom stereocenters. The number of benzene rings is 2. The molecule has 0 aliphatic carbocycles. The predicted octanol–water partition coefficient (Wildman–Crippen LogP) is 5.24. The van der Waals surface area contributed by atoms with Gasteiger partial charge in [0.05, 0.1) is 21.5 Å². The molecular weight excluding hydrogens is 375 g/mol. The molecule has 0 amide bonds. The quantitative estimate of drug-likeness (QED) is 0.478. The smallest absolute Gasteiger partial charge is 0.155 e. The second-order valence-corrected chi connectivity index (χ2v) is 8.14. The Morgan fingerprint density at radius 2 is 1.80 bits per heavy atom. The van der Waals surface area contributed by atoms with E-state index in [1.165, 1.54) is 0 Å². The third-order valence-corrected chi connectivity index (χ3v) is 5.76. The van der Waals surface area contributed by atoms with Gasteiger partial charge in [0.1, 0.15) is 0 Å². The Labute approximate surface area is 157 Å². The zero-order valence-corrected chi connectivity index (χ0v) is 15.5. The van der Waals surface area contributed by atoms with Crippen LogP contribution in [0.25, 0.3) is 16.4 Å². The van der Waals surface area contributed by atoms with Crippen molar-refractivity contribution in [3.63, 3.8) is 0 Å². The number of aromatic nitrogens is 2. The monoisotopic (exact) mass is 388 g/mol. The SMILES string of the molecule is O=[S@@](Cc1cn2cc(Cl)cc(Cl)c2n1)Cc1cccc2ccccc12. The van der Waals surface area contributed by atoms with E-state index in [9.17, 15) is 4.21 Å². The lowest BCUT2D eigenvalue weighted by Gasteiger charge is -2.06. The van der Waals surface area contributed by atoms with Crippen molar-refractivity contribution >= 4 is 50.4 Å². The zero-order chi connectivity index (χ0) is 17.4. The highest BCUT2D eigenvalue weighted by molar-refractivity contribution is 7.83. The lowest BCUT2D eigenvalue weighted by atomic mass is 10.1. The van der Waals surface area contributed by atoms with Crippen LogP contribution < -0.4 is 0 Å². The molecule has 6 heteroatoms. The maximum atomic E-state index is 12.7. The van der Waals surface area contributed by atoms with Crippen LogP contribution in [-0.4, -0.2) is 13.6 Å². The highest BCUT2D eigenvalue weighted by Gasteiger charge is 2.11. The highest BCUT2D eigenvalue weighted by Crippen LogP contribution is 2.23. The molecule has 0 aliphatic heterocycles. The van der Waals surface area contributed by atoms with E-state index >= 15 is 0 Å². The first-order valence-electron chi connectivity index (χ1n) is 7.74. The largest absolute Gasteiger partial charge is 0.304 e. The van der Waals surface area contributed by atoms with Crippen LogP contribution in [0.1, 0.15) is 11.3 Å². The normalized spacial score (nSPS) is 12.7. The minimum atomic E-state index is -1.07. The summed E-state index contributed by atoms with van der Waals surface area (Å²) >= 11 is 12.2. The van der Waals surface area contributed by atoms with Crippen LogP contribution in [0.3, 0.4) is 0 Å². The second-order valence-electron chi connectivity index (χ2n) is 5.84. The Bertz CT molecular complexity index is 1100. The van der Waals surface area contributed by atoms with Crippen molar-refractivity contribution in [2.24, 2.45) is 0 Å². The summed E-state index contributed by atoms with van der Waals surface area (Å²) in [5, 5.41) is 3.33. The zero-order valence-electron chi connectivity index (χ0n) is 13.2. The molecule has 0 aliphatic rings. The summed E-state index contributed by atoms with van der Waals surface area (Å²) in [6, 6.07) is 15.9. The molecule has 0 N–H and O–H groups in total. The molecular formula is C19H14Cl2N2OS. The van der Waals surface area contributed by atoms with E-state index in [1.54, 1.807) is 16.7 Å². The molecule has 4 aromatic rings. The van der Waals surface area contributed by atoms with Gasteiger partial charge in [0.2, 0.25) is 0 Å². The van der Waals surface area contributed by atoms with E-state index in [-0.39, 0.29) is 0 Å². The summed E-state index contributed by atoms with van der Waals surface area (Å²) in [5.41, 5.74) is 2.45. The van der Waals surface area contributed by atoms with Crippen LogP contribution in [0.4, 0.5) is 0 Å². The van der Waals surface area contributed by atoms with Gasteiger partial charge in [-0.2, -0.15) is 0 Å². The van der Waals surface area contributed by atoms with Crippen LogP contribution in [0.2, 0.25) is 10.0 Å². The van der Waals surface area contributed by atoms with Gasteiger partial charge in [0.25, 0.3) is 0 Å². The minimum Gasteiger partial charge on any atom is -0.304 e. The molecule has 0 saturated heterocycles. The molecule has 0 spiro atoms. The van der Waals surface area contributed by atoms with Gasteiger partial charge in [0.15, 0.2) is 5.65 Å². The number of pyridine rings is 1. The number of fused-ring (bicyclic) bond motifs is 2. The van der Waals surface area contributed by atoms with Crippen LogP contribution in [0.5, 0.6) is 0 Å². The van der Waals surface area contributed by atoms with Gasteiger partial charge in [0, 0.05) is 28.9 Å². The summed E-state index contributed by atoms with van der Waals surface area (Å²) in [7, 11) is -1.07. The van der Waals surface area contributed by atoms with Crippen molar-refractivity contribution in [2.45, 2.75) is 11.5 Å². The van der Waals surface area contributed by atoms with Crippen LogP contribution in [-0.2, 0) is 22.3 Å². The molecule has 0 radical (unpaired) electrons. The minimum absolute atomic E-state index is 0.374. The first-order chi connectivity index (χ1) is 12.1. The molecule has 0 fully saturated rings. The predicted molar refractivity (Wildman–Crippen MR) is 105 cm³/mol. The molecule has 0 saturated carbocycles. The van der Waals surface area contributed by atoms with Gasteiger partial charge in [-0.15, -0.1) is 0 Å². The van der Waals surface area contributed by atoms with Crippen LogP contribution in [0.15, 0.2) is 60.9 Å². The van der Waals surface area contributed by atoms with Gasteiger partial charge in [-0.05, 0) is 22.4 Å². The summed E-state index contributed by atoms with van der Waals surface area (Å²) in [6.45, 7) is 0. The lowest BCUT2D eigenvalue weighted by molar-refractivity contribution is 0.682. The standard InChI is InChI=1S/C19H14Cl2N2OS/c20-15-8-18(21)19-22-16(10-23(19)9-15)12-25(24)11-14-6-3-5-13-4-1-2-7-17(13)14/h1-10H,11-12H2/t25-/m1/s1. The molecule has 0 bridgehead atoms. The van der Waals surface area contributed by atoms with Crippen LogP contribution >= 0.6 is 23.2 Å². The lowest BCUT2D eigenvalue weighted by Crippen LogP contribution is -2.00. The maximum Gasteiger partial charge on any atom is 0.155 e. The summed E-state index contributed by atoms with van der Waals surface area (Å²) < 4.78 is 14.4. The molecule has 4 rings (SSSR count). The first-order valence-corrected chi connectivity index (χ1v) is 9.99. The number of halogens is 2. The molecule has 2 heterocycles. The van der Waals surface area contributed by atoms with Crippen molar-refractivity contribution in [1.29, 1.82) is 0 Å². The van der Waals surface area contributed by atoms with E-state index in [0.717, 1.165) is 22.0 Å². The maximum absolute atomic E-state index is 12.7. The third-order valence-electron chi connectivity index (χ3n) is 4.03. The summed E-state index contributed by atoms with van der Waals surface area (Å²) in [6.07, 6.45) is 3.57. The average Bonchev–Trinajstić information content (AvgIpc) is 2.97. The van der Waals surface area contributed by atoms with E-state index in [1.807, 2.05) is 30.5 Å². The van der Waals surface area contributed by atoms with Crippen molar-refractivity contribution in [2.75, 3.05) is 0 Å². The number of imidazole rings is 1. The number of rotatable bonds is 4. The number of hydrogen-bond donors (Lipinski definition) is 0. The molecule has 3 nitrogen and oxygen atoms in total. The Balaban J connectivity index is 1.59. The Kier molecular flexibility index (Phi) is 4.50. The van der Waals surface area contributed by atoms with Gasteiger partial charge in [-0.25, -0.2) is 4.98 Å². The average molecular weight is 389 g/mol. The fourth-order valence-corrected chi connectivity index (χ4v) is 4.65. The summed E-state index contributed by atoms with van der Waals surface area (Å²) in [5.74, 6) is 0.864. The summed E-state index contributed by atoms with van der Waals surface area (Å²) in [4.78, 5) is 4.48. The van der Waals surface area contributed by atoms with Crippen molar-refractivity contribution in [3.05, 3.63) is 82.2 Å². The van der Waals surface area contributed by atoms with Crippen molar-refractivity contribution < 1.29 is 4.21 Å². The van der Waals surface area contributed by atoms with Gasteiger partial charge in [-0.1, -0.05) is 65.7 Å². The van der Waals surface area contributed by atoms with E-state index in [4.69, 9.17) is 23.2 Å². The fourth-order valence-electron chi connectivity index (χ4n) is 2.95. The molecule has 126 valence electrons. The van der Waals surface area contributed by atoms with Gasteiger partial charge < -0.3 is 4.40 Å². The molecule has 1 atom stereocenters. The first kappa shape index (κ1) is 16.6. The molecule has 25 heavy (non-hydrogen) atoms. The van der Waals surface area contributed by atoms with E-state index in [0.29, 0.717) is 27.2 Å². The van der Waals surface area contributed by atoms with Crippen molar-refractivity contribution in [3.8, 4) is 0 Å². The fraction of sp³-hybridized carbons (Fsp3) is 0.105. The molecule has 2 aromatic heterocycles. The van der Waals surface area contributed by atoms with Crippen molar-refractivity contribution in [1.82, 2.24) is 9.38 Å². The van der Waals surface area contributed by atoms with Gasteiger partial charge in [-0.3, -0.25) is 4.21 Å². The second kappa shape index (κ2) is 6.79. The molecule has 2 aromatic carbocycles. The number of nitrogens with zero attached hydrogens (tertiary/aromatic N) is 2. The van der Waals surface area contributed by atoms with Crippen LogP contribution in [0, 0.1) is 0 Å². The van der Waals surface area contributed by atoms with Gasteiger partial charge >= 0.3 is 0 Å². The topological polar surface area (TPSA) is 34.4 Å². The Morgan fingerprint density at radius 3 is 2.68 bits per heavy atom.